The maximum absolute atomic E-state index is 12.8. The average Bonchev–Trinajstić information content (AvgIpc) is 2.72. The zero-order valence-corrected chi connectivity index (χ0v) is 16.0. The molecule has 0 atom stereocenters. The monoisotopic (exact) mass is 364 g/mol. The zero-order chi connectivity index (χ0) is 19.0. The van der Waals surface area contributed by atoms with Gasteiger partial charge < -0.3 is 19.3 Å². The lowest BCUT2D eigenvalue weighted by Gasteiger charge is -2.38. The highest BCUT2D eigenvalue weighted by molar-refractivity contribution is 5.95. The number of hydrogen-bond acceptors (Lipinski definition) is 4. The van der Waals surface area contributed by atoms with Gasteiger partial charge in [-0.05, 0) is 35.8 Å². The van der Waals surface area contributed by atoms with Crippen molar-refractivity contribution in [2.45, 2.75) is 6.42 Å². The Morgan fingerprint density at radius 2 is 1.70 bits per heavy atom. The van der Waals surface area contributed by atoms with E-state index in [1.165, 1.54) is 16.7 Å². The van der Waals surface area contributed by atoms with E-state index in [0.29, 0.717) is 6.54 Å². The molecule has 0 fully saturated rings. The Morgan fingerprint density at radius 3 is 2.41 bits per heavy atom. The molecule has 0 unspecified atom stereocenters. The third-order valence-corrected chi connectivity index (χ3v) is 5.41. The molecule has 2 aromatic carbocycles. The Bertz CT molecular complexity index is 905. The standard InChI is InChI=1S/C22H24N2O3/c1-23-13-16-14-24(22(25)15-7-5-4-6-8-15)10-9-17(16)18-11-20(26-2)21(27-3)12-19(18)23/h4-8,11-12H,9-10,13-14H2,1-3H3. The third-order valence-electron chi connectivity index (χ3n) is 5.41. The van der Waals surface area contributed by atoms with Gasteiger partial charge in [-0.2, -0.15) is 0 Å². The summed E-state index contributed by atoms with van der Waals surface area (Å²) in [7, 11) is 5.39. The smallest absolute Gasteiger partial charge is 0.254 e. The SMILES string of the molecule is COc1cc2c(cc1OC)N(C)CC1=C2CCN(C(=O)c2ccccc2)C1. The van der Waals surface area contributed by atoms with Gasteiger partial charge in [0.15, 0.2) is 11.5 Å². The fraction of sp³-hybridized carbons (Fsp3) is 0.318. The van der Waals surface area contributed by atoms with Gasteiger partial charge >= 0.3 is 0 Å². The molecule has 0 N–H and O–H groups in total. The average molecular weight is 364 g/mol. The summed E-state index contributed by atoms with van der Waals surface area (Å²) in [6.07, 6.45) is 0.851. The van der Waals surface area contributed by atoms with Crippen LogP contribution in [0.3, 0.4) is 0 Å². The highest BCUT2D eigenvalue weighted by atomic mass is 16.5. The predicted molar refractivity (Wildman–Crippen MR) is 107 cm³/mol. The van der Waals surface area contributed by atoms with E-state index in [2.05, 4.69) is 18.0 Å². The van der Waals surface area contributed by atoms with Crippen LogP contribution in [0.15, 0.2) is 48.0 Å². The summed E-state index contributed by atoms with van der Waals surface area (Å²) in [4.78, 5) is 17.0. The van der Waals surface area contributed by atoms with Crippen molar-refractivity contribution < 1.29 is 14.3 Å². The van der Waals surface area contributed by atoms with Crippen LogP contribution in [0.2, 0.25) is 0 Å². The van der Waals surface area contributed by atoms with Crippen LogP contribution in [0.5, 0.6) is 11.5 Å². The predicted octanol–water partition coefficient (Wildman–Crippen LogP) is 3.45. The summed E-state index contributed by atoms with van der Waals surface area (Å²) in [6, 6.07) is 13.6. The number of likely N-dealkylation sites (N-methyl/N-ethyl adjacent to an activating group) is 1. The number of rotatable bonds is 3. The van der Waals surface area contributed by atoms with Crippen LogP contribution >= 0.6 is 0 Å². The first-order valence-electron chi connectivity index (χ1n) is 9.15. The number of hydrogen-bond donors (Lipinski definition) is 0. The fourth-order valence-electron chi connectivity index (χ4n) is 4.03. The summed E-state index contributed by atoms with van der Waals surface area (Å²) in [5.74, 6) is 1.58. The lowest BCUT2D eigenvalue weighted by atomic mass is 9.88. The van der Waals surface area contributed by atoms with Crippen molar-refractivity contribution in [3.8, 4) is 11.5 Å². The van der Waals surface area contributed by atoms with Crippen LogP contribution in [-0.2, 0) is 0 Å². The van der Waals surface area contributed by atoms with Crippen molar-refractivity contribution in [1.82, 2.24) is 4.90 Å². The number of nitrogens with zero attached hydrogens (tertiary/aromatic N) is 2. The summed E-state index contributed by atoms with van der Waals surface area (Å²) in [5.41, 5.74) is 5.71. The van der Waals surface area contributed by atoms with Crippen LogP contribution in [0.1, 0.15) is 22.3 Å². The molecule has 0 aromatic heterocycles. The molecule has 2 aromatic rings. The van der Waals surface area contributed by atoms with E-state index in [1.54, 1.807) is 14.2 Å². The van der Waals surface area contributed by atoms with Gasteiger partial charge in [0.05, 0.1) is 14.2 Å². The molecule has 0 saturated heterocycles. The van der Waals surface area contributed by atoms with Crippen LogP contribution in [0.4, 0.5) is 5.69 Å². The number of benzene rings is 2. The molecule has 4 rings (SSSR count). The number of methoxy groups -OCH3 is 2. The highest BCUT2D eigenvalue weighted by Gasteiger charge is 2.30. The Kier molecular flexibility index (Phi) is 4.52. The van der Waals surface area contributed by atoms with Crippen LogP contribution in [-0.4, -0.2) is 51.7 Å². The first kappa shape index (κ1) is 17.5. The fourth-order valence-corrected chi connectivity index (χ4v) is 4.03. The van der Waals surface area contributed by atoms with Gasteiger partial charge in [0, 0.05) is 49.6 Å². The molecule has 0 aliphatic carbocycles. The largest absolute Gasteiger partial charge is 0.493 e. The van der Waals surface area contributed by atoms with Crippen molar-refractivity contribution in [2.24, 2.45) is 0 Å². The zero-order valence-electron chi connectivity index (χ0n) is 16.0. The van der Waals surface area contributed by atoms with E-state index in [9.17, 15) is 4.79 Å². The van der Waals surface area contributed by atoms with Crippen molar-refractivity contribution in [1.29, 1.82) is 0 Å². The van der Waals surface area contributed by atoms with E-state index in [1.807, 2.05) is 41.3 Å². The van der Waals surface area contributed by atoms with Crippen molar-refractivity contribution >= 4 is 17.2 Å². The molecule has 0 saturated carbocycles. The van der Waals surface area contributed by atoms with E-state index >= 15 is 0 Å². The molecule has 0 spiro atoms. The van der Waals surface area contributed by atoms with Gasteiger partial charge in [0.25, 0.3) is 5.91 Å². The molecule has 2 aliphatic heterocycles. The van der Waals surface area contributed by atoms with Crippen LogP contribution < -0.4 is 14.4 Å². The van der Waals surface area contributed by atoms with Crippen molar-refractivity contribution in [3.05, 3.63) is 59.2 Å². The van der Waals surface area contributed by atoms with Gasteiger partial charge in [-0.3, -0.25) is 4.79 Å². The van der Waals surface area contributed by atoms with Gasteiger partial charge in [-0.25, -0.2) is 0 Å². The maximum atomic E-state index is 12.8. The third kappa shape index (κ3) is 3.03. The molecule has 2 heterocycles. The number of carbonyl (C=O) groups excluding carboxylic acids is 1. The van der Waals surface area contributed by atoms with Gasteiger partial charge in [-0.1, -0.05) is 18.2 Å². The molecule has 27 heavy (non-hydrogen) atoms. The van der Waals surface area contributed by atoms with Crippen molar-refractivity contribution in [3.63, 3.8) is 0 Å². The number of anilines is 1. The lowest BCUT2D eigenvalue weighted by Crippen LogP contribution is -2.41. The second kappa shape index (κ2) is 6.99. The minimum atomic E-state index is 0.0999. The molecule has 5 heteroatoms. The molecule has 2 aliphatic rings. The minimum absolute atomic E-state index is 0.0999. The number of fused-ring (bicyclic) bond motifs is 2. The summed E-state index contributed by atoms with van der Waals surface area (Å²) >= 11 is 0. The molecule has 1 amide bonds. The van der Waals surface area contributed by atoms with E-state index in [-0.39, 0.29) is 5.91 Å². The second-order valence-corrected chi connectivity index (χ2v) is 7.01. The van der Waals surface area contributed by atoms with Crippen LogP contribution in [0, 0.1) is 0 Å². The molecular formula is C22H24N2O3. The second-order valence-electron chi connectivity index (χ2n) is 7.01. The quantitative estimate of drug-likeness (QED) is 0.837. The topological polar surface area (TPSA) is 42.0 Å². The Hall–Kier alpha value is -2.95. The molecule has 140 valence electrons. The molecule has 0 bridgehead atoms. The minimum Gasteiger partial charge on any atom is -0.493 e. The summed E-state index contributed by atoms with van der Waals surface area (Å²) in [6.45, 7) is 2.21. The first-order chi connectivity index (χ1) is 13.1. The molecule has 0 radical (unpaired) electrons. The van der Waals surface area contributed by atoms with Crippen LogP contribution in [0.25, 0.3) is 5.57 Å². The molecular weight excluding hydrogens is 340 g/mol. The Balaban J connectivity index is 1.68. The van der Waals surface area contributed by atoms with Crippen molar-refractivity contribution in [2.75, 3.05) is 45.8 Å². The summed E-state index contributed by atoms with van der Waals surface area (Å²) in [5, 5.41) is 0. The van der Waals surface area contributed by atoms with Gasteiger partial charge in [0.1, 0.15) is 0 Å². The Labute approximate surface area is 159 Å². The van der Waals surface area contributed by atoms with E-state index in [0.717, 1.165) is 42.3 Å². The van der Waals surface area contributed by atoms with Gasteiger partial charge in [0.2, 0.25) is 0 Å². The maximum Gasteiger partial charge on any atom is 0.254 e. The number of carbonyl (C=O) groups is 1. The molecule has 5 nitrogen and oxygen atoms in total. The number of amides is 1. The Morgan fingerprint density at radius 1 is 1.00 bits per heavy atom. The van der Waals surface area contributed by atoms with Gasteiger partial charge in [-0.15, -0.1) is 0 Å². The summed E-state index contributed by atoms with van der Waals surface area (Å²) < 4.78 is 11.0. The van der Waals surface area contributed by atoms with E-state index in [4.69, 9.17) is 9.47 Å². The number of ether oxygens (including phenoxy) is 2. The van der Waals surface area contributed by atoms with E-state index < -0.39 is 0 Å². The first-order valence-corrected chi connectivity index (χ1v) is 9.15. The normalized spacial score (nSPS) is 16.0. The highest BCUT2D eigenvalue weighted by Crippen LogP contribution is 2.44. The lowest BCUT2D eigenvalue weighted by molar-refractivity contribution is 0.0767.